The highest BCUT2D eigenvalue weighted by atomic mass is 32.2. The molecule has 1 rings (SSSR count). The van der Waals surface area contributed by atoms with Crippen molar-refractivity contribution in [3.05, 3.63) is 30.3 Å². The lowest BCUT2D eigenvalue weighted by atomic mass is 10.2. The minimum atomic E-state index is -0.694. The second-order valence-electron chi connectivity index (χ2n) is 4.08. The Labute approximate surface area is 106 Å². The molecule has 0 fully saturated rings. The molecule has 0 amide bonds. The monoisotopic (exact) mass is 255 g/mol. The molecule has 0 aromatic heterocycles. The molecule has 0 saturated heterocycles. The largest absolute Gasteiger partial charge is 0.492 e. The molecule has 0 bridgehead atoms. The lowest BCUT2D eigenvalue weighted by molar-refractivity contribution is 0.306. The van der Waals surface area contributed by atoms with Crippen molar-refractivity contribution in [1.29, 1.82) is 0 Å². The maximum atomic E-state index is 10.9. The molecule has 0 radical (unpaired) electrons. The zero-order valence-corrected chi connectivity index (χ0v) is 11.3. The van der Waals surface area contributed by atoms with Crippen molar-refractivity contribution >= 4 is 10.8 Å². The minimum absolute atomic E-state index is 0.387. The average Bonchev–Trinajstić information content (AvgIpc) is 2.33. The molecule has 0 aliphatic carbocycles. The zero-order valence-electron chi connectivity index (χ0n) is 10.5. The number of ether oxygens (including phenoxy) is 1. The van der Waals surface area contributed by atoms with Crippen molar-refractivity contribution < 1.29 is 8.95 Å². The van der Waals surface area contributed by atoms with Gasteiger partial charge in [0.2, 0.25) is 0 Å². The number of rotatable bonds is 8. The first kappa shape index (κ1) is 14.2. The van der Waals surface area contributed by atoms with Gasteiger partial charge in [-0.05, 0) is 25.5 Å². The van der Waals surface area contributed by atoms with Crippen molar-refractivity contribution in [2.75, 3.05) is 25.2 Å². The van der Waals surface area contributed by atoms with Gasteiger partial charge in [-0.3, -0.25) is 4.21 Å². The number of nitrogens with one attached hydrogen (secondary N) is 1. The molecule has 4 heteroatoms. The fourth-order valence-corrected chi connectivity index (χ4v) is 2.12. The Morgan fingerprint density at radius 2 is 2.06 bits per heavy atom. The van der Waals surface area contributed by atoms with E-state index >= 15 is 0 Å². The summed E-state index contributed by atoms with van der Waals surface area (Å²) in [4.78, 5) is 0. The Hall–Kier alpha value is -0.870. The highest BCUT2D eigenvalue weighted by Crippen LogP contribution is 2.07. The molecular weight excluding hydrogens is 234 g/mol. The quantitative estimate of drug-likeness (QED) is 0.720. The van der Waals surface area contributed by atoms with Crippen LogP contribution in [0.25, 0.3) is 0 Å². The van der Waals surface area contributed by atoms with Gasteiger partial charge in [0.15, 0.2) is 0 Å². The first-order valence-corrected chi connectivity index (χ1v) is 7.62. The summed E-state index contributed by atoms with van der Waals surface area (Å²) in [6.45, 7) is 3.57. The number of hydrogen-bond donors (Lipinski definition) is 1. The van der Waals surface area contributed by atoms with E-state index in [4.69, 9.17) is 4.74 Å². The van der Waals surface area contributed by atoms with Gasteiger partial charge in [0, 0.05) is 35.4 Å². The highest BCUT2D eigenvalue weighted by Gasteiger charge is 2.02. The Kier molecular flexibility index (Phi) is 6.89. The van der Waals surface area contributed by atoms with Crippen molar-refractivity contribution in [2.45, 2.75) is 19.4 Å². The third-order valence-electron chi connectivity index (χ3n) is 2.45. The summed E-state index contributed by atoms with van der Waals surface area (Å²) in [5.41, 5.74) is 0. The fraction of sp³-hybridized carbons (Fsp3) is 0.538. The molecule has 3 nitrogen and oxygen atoms in total. The summed E-state index contributed by atoms with van der Waals surface area (Å²) in [6.07, 6.45) is 2.68. The molecule has 1 aromatic rings. The van der Waals surface area contributed by atoms with Crippen molar-refractivity contribution in [3.8, 4) is 5.75 Å². The van der Waals surface area contributed by atoms with Gasteiger partial charge in [0.1, 0.15) is 12.4 Å². The van der Waals surface area contributed by atoms with Crippen molar-refractivity contribution in [2.24, 2.45) is 0 Å². The van der Waals surface area contributed by atoms with Crippen LogP contribution in [0.4, 0.5) is 0 Å². The second kappa shape index (κ2) is 8.25. The van der Waals surface area contributed by atoms with E-state index in [-0.39, 0.29) is 0 Å². The van der Waals surface area contributed by atoms with Gasteiger partial charge in [-0.15, -0.1) is 0 Å². The Morgan fingerprint density at radius 1 is 1.35 bits per heavy atom. The van der Waals surface area contributed by atoms with Crippen LogP contribution in [0.15, 0.2) is 30.3 Å². The van der Waals surface area contributed by atoms with Crippen LogP contribution in [-0.4, -0.2) is 35.4 Å². The van der Waals surface area contributed by atoms with E-state index in [0.29, 0.717) is 12.6 Å². The molecular formula is C13H21NO2S. The third-order valence-corrected chi connectivity index (χ3v) is 3.26. The topological polar surface area (TPSA) is 38.3 Å². The van der Waals surface area contributed by atoms with Gasteiger partial charge in [0.05, 0.1) is 0 Å². The van der Waals surface area contributed by atoms with Crippen LogP contribution >= 0.6 is 0 Å². The lowest BCUT2D eigenvalue weighted by Crippen LogP contribution is -2.31. The van der Waals surface area contributed by atoms with Gasteiger partial charge in [-0.2, -0.15) is 0 Å². The van der Waals surface area contributed by atoms with Crippen LogP contribution in [0.2, 0.25) is 0 Å². The lowest BCUT2D eigenvalue weighted by Gasteiger charge is -2.13. The molecule has 0 spiro atoms. The van der Waals surface area contributed by atoms with Gasteiger partial charge in [-0.1, -0.05) is 18.2 Å². The molecule has 0 saturated carbocycles. The molecule has 2 unspecified atom stereocenters. The summed E-state index contributed by atoms with van der Waals surface area (Å²) in [6, 6.07) is 10.2. The van der Waals surface area contributed by atoms with Crippen LogP contribution < -0.4 is 10.1 Å². The van der Waals surface area contributed by atoms with Gasteiger partial charge < -0.3 is 10.1 Å². The van der Waals surface area contributed by atoms with Crippen molar-refractivity contribution in [3.63, 3.8) is 0 Å². The molecule has 0 aliphatic rings. The predicted octanol–water partition coefficient (Wildman–Crippen LogP) is 1.81. The van der Waals surface area contributed by atoms with E-state index in [2.05, 4.69) is 12.2 Å². The molecule has 0 heterocycles. The van der Waals surface area contributed by atoms with Crippen LogP contribution in [0.3, 0.4) is 0 Å². The maximum Gasteiger partial charge on any atom is 0.119 e. The molecule has 0 aliphatic heterocycles. The SMILES string of the molecule is CC(CCS(C)=O)NCCOc1ccccc1. The summed E-state index contributed by atoms with van der Waals surface area (Å²) < 4.78 is 16.5. The smallest absolute Gasteiger partial charge is 0.119 e. The predicted molar refractivity (Wildman–Crippen MR) is 73.0 cm³/mol. The standard InChI is InChI=1S/C13H21NO2S/c1-12(8-11-17(2)15)14-9-10-16-13-6-4-3-5-7-13/h3-7,12,14H,8-11H2,1-2H3. The Balaban J connectivity index is 2.06. The number of para-hydroxylation sites is 1. The minimum Gasteiger partial charge on any atom is -0.492 e. The normalized spacial score (nSPS) is 14.2. The van der Waals surface area contributed by atoms with Crippen molar-refractivity contribution in [1.82, 2.24) is 5.32 Å². The highest BCUT2D eigenvalue weighted by molar-refractivity contribution is 7.84. The summed E-state index contributed by atoms with van der Waals surface area (Å²) >= 11 is 0. The Morgan fingerprint density at radius 3 is 2.71 bits per heavy atom. The van der Waals surface area contributed by atoms with E-state index in [1.165, 1.54) is 0 Å². The first-order chi connectivity index (χ1) is 8.18. The molecule has 17 heavy (non-hydrogen) atoms. The van der Waals surface area contributed by atoms with Crippen LogP contribution in [0.1, 0.15) is 13.3 Å². The van der Waals surface area contributed by atoms with Crippen LogP contribution in [-0.2, 0) is 10.8 Å². The van der Waals surface area contributed by atoms with Gasteiger partial charge >= 0.3 is 0 Å². The fourth-order valence-electron chi connectivity index (χ4n) is 1.44. The molecule has 2 atom stereocenters. The van der Waals surface area contributed by atoms with Gasteiger partial charge in [-0.25, -0.2) is 0 Å². The summed E-state index contributed by atoms with van der Waals surface area (Å²) in [5.74, 6) is 1.66. The number of hydrogen-bond acceptors (Lipinski definition) is 3. The summed E-state index contributed by atoms with van der Waals surface area (Å²) in [7, 11) is -0.694. The van der Waals surface area contributed by atoms with E-state index in [1.54, 1.807) is 6.26 Å². The third kappa shape index (κ3) is 7.13. The number of benzene rings is 1. The van der Waals surface area contributed by atoms with E-state index in [9.17, 15) is 4.21 Å². The average molecular weight is 255 g/mol. The zero-order chi connectivity index (χ0) is 12.5. The first-order valence-electron chi connectivity index (χ1n) is 5.89. The molecule has 1 aromatic carbocycles. The molecule has 1 N–H and O–H groups in total. The van der Waals surface area contributed by atoms with Crippen LogP contribution in [0.5, 0.6) is 5.75 Å². The Bertz CT molecular complexity index is 329. The summed E-state index contributed by atoms with van der Waals surface area (Å²) in [5, 5.41) is 3.35. The van der Waals surface area contributed by atoms with E-state index in [0.717, 1.165) is 24.5 Å². The molecule has 96 valence electrons. The second-order valence-corrected chi connectivity index (χ2v) is 5.64. The van der Waals surface area contributed by atoms with Gasteiger partial charge in [0.25, 0.3) is 0 Å². The maximum absolute atomic E-state index is 10.9. The van der Waals surface area contributed by atoms with E-state index in [1.807, 2.05) is 30.3 Å². The van der Waals surface area contributed by atoms with E-state index < -0.39 is 10.8 Å². The van der Waals surface area contributed by atoms with Crippen LogP contribution in [0, 0.1) is 0 Å².